The predicted molar refractivity (Wildman–Crippen MR) is 139 cm³/mol. The number of rotatable bonds is 7. The molecule has 0 saturated heterocycles. The van der Waals surface area contributed by atoms with Crippen molar-refractivity contribution < 1.29 is 9.18 Å². The lowest BCUT2D eigenvalue weighted by atomic mass is 10.1. The molecule has 0 atom stereocenters. The number of hydrogen-bond donors (Lipinski definition) is 2. The molecule has 0 aliphatic rings. The summed E-state index contributed by atoms with van der Waals surface area (Å²) in [4.78, 5) is 17.8. The van der Waals surface area contributed by atoms with Crippen LogP contribution in [0.2, 0.25) is 0 Å². The number of aromatic nitrogens is 5. The van der Waals surface area contributed by atoms with Gasteiger partial charge in [-0.1, -0.05) is 60.2 Å². The van der Waals surface area contributed by atoms with Crippen molar-refractivity contribution in [1.82, 2.24) is 24.3 Å². The topological polar surface area (TPSA) is 80.5 Å². The van der Waals surface area contributed by atoms with Gasteiger partial charge < -0.3 is 9.88 Å². The van der Waals surface area contributed by atoms with Crippen molar-refractivity contribution in [3.8, 4) is 22.6 Å². The molecule has 0 saturated carbocycles. The molecule has 2 aromatic heterocycles. The molecular formula is C27H23FN6OS. The van der Waals surface area contributed by atoms with Crippen LogP contribution in [0.3, 0.4) is 0 Å². The van der Waals surface area contributed by atoms with Gasteiger partial charge in [-0.25, -0.2) is 9.37 Å². The average Bonchev–Trinajstić information content (AvgIpc) is 3.44. The lowest BCUT2D eigenvalue weighted by Gasteiger charge is -2.13. The van der Waals surface area contributed by atoms with E-state index in [1.54, 1.807) is 23.0 Å². The molecule has 5 aromatic rings. The van der Waals surface area contributed by atoms with E-state index in [0.717, 1.165) is 16.7 Å². The third kappa shape index (κ3) is 5.01. The number of anilines is 1. The molecule has 180 valence electrons. The molecule has 0 aliphatic heterocycles. The van der Waals surface area contributed by atoms with Crippen LogP contribution in [-0.2, 0) is 17.9 Å². The highest BCUT2D eigenvalue weighted by Crippen LogP contribution is 2.28. The van der Waals surface area contributed by atoms with Crippen molar-refractivity contribution >= 4 is 23.9 Å². The minimum atomic E-state index is -0.342. The Morgan fingerprint density at radius 1 is 1.00 bits per heavy atom. The van der Waals surface area contributed by atoms with Gasteiger partial charge in [0, 0.05) is 11.1 Å². The van der Waals surface area contributed by atoms with E-state index in [4.69, 9.17) is 12.2 Å². The highest BCUT2D eigenvalue weighted by atomic mass is 32.1. The van der Waals surface area contributed by atoms with Crippen molar-refractivity contribution in [2.45, 2.75) is 20.0 Å². The summed E-state index contributed by atoms with van der Waals surface area (Å²) in [6.45, 7) is 2.47. The molecule has 0 radical (unpaired) electrons. The summed E-state index contributed by atoms with van der Waals surface area (Å²) < 4.78 is 17.4. The van der Waals surface area contributed by atoms with Crippen LogP contribution >= 0.6 is 12.2 Å². The molecule has 0 unspecified atom stereocenters. The summed E-state index contributed by atoms with van der Waals surface area (Å²) in [6, 6.07) is 23.7. The summed E-state index contributed by atoms with van der Waals surface area (Å²) in [7, 11) is 0. The summed E-state index contributed by atoms with van der Waals surface area (Å²) in [6.07, 6.45) is 1.67. The number of aryl methyl sites for hydroxylation is 1. The first kappa shape index (κ1) is 23.4. The number of carbonyl (C=O) groups is 1. The minimum absolute atomic E-state index is 0.0437. The van der Waals surface area contributed by atoms with Crippen molar-refractivity contribution in [1.29, 1.82) is 0 Å². The Bertz CT molecular complexity index is 1550. The van der Waals surface area contributed by atoms with E-state index in [-0.39, 0.29) is 18.3 Å². The van der Waals surface area contributed by atoms with Crippen molar-refractivity contribution in [3.63, 3.8) is 0 Å². The van der Waals surface area contributed by atoms with E-state index in [0.29, 0.717) is 34.2 Å². The maximum absolute atomic E-state index is 13.5. The number of H-pyrrole nitrogens is 1. The van der Waals surface area contributed by atoms with Crippen molar-refractivity contribution in [3.05, 3.63) is 107 Å². The predicted octanol–water partition coefficient (Wildman–Crippen LogP) is 5.61. The maximum atomic E-state index is 13.5. The Hall–Kier alpha value is -4.37. The van der Waals surface area contributed by atoms with Crippen LogP contribution in [0.15, 0.2) is 85.2 Å². The molecule has 2 N–H and O–H groups in total. The number of imidazole rings is 1. The normalized spacial score (nSPS) is 10.9. The van der Waals surface area contributed by atoms with Gasteiger partial charge in [0.15, 0.2) is 10.6 Å². The van der Waals surface area contributed by atoms with Crippen LogP contribution in [0, 0.1) is 17.5 Å². The van der Waals surface area contributed by atoms with Crippen LogP contribution in [0.4, 0.5) is 10.2 Å². The van der Waals surface area contributed by atoms with Gasteiger partial charge in [-0.15, -0.1) is 0 Å². The zero-order valence-electron chi connectivity index (χ0n) is 19.5. The molecule has 2 heterocycles. The van der Waals surface area contributed by atoms with Gasteiger partial charge in [-0.05, 0) is 49.0 Å². The van der Waals surface area contributed by atoms with E-state index < -0.39 is 0 Å². The van der Waals surface area contributed by atoms with E-state index >= 15 is 0 Å². The van der Waals surface area contributed by atoms with Crippen LogP contribution < -0.4 is 5.32 Å². The van der Waals surface area contributed by atoms with Crippen LogP contribution in [0.25, 0.3) is 22.6 Å². The van der Waals surface area contributed by atoms with Crippen LogP contribution in [0.1, 0.15) is 11.1 Å². The molecule has 36 heavy (non-hydrogen) atoms. The van der Waals surface area contributed by atoms with Gasteiger partial charge in [0.1, 0.15) is 23.9 Å². The Balaban J connectivity index is 1.46. The minimum Gasteiger partial charge on any atom is -0.312 e. The smallest absolute Gasteiger partial charge is 0.245 e. The molecule has 5 rings (SSSR count). The Kier molecular flexibility index (Phi) is 6.55. The second-order valence-electron chi connectivity index (χ2n) is 8.41. The van der Waals surface area contributed by atoms with Gasteiger partial charge in [0.2, 0.25) is 5.91 Å². The maximum Gasteiger partial charge on any atom is 0.245 e. The fourth-order valence-corrected chi connectivity index (χ4v) is 4.13. The standard InChI is InChI=1S/C27H23FN6OS/c1-18-7-9-21(10-8-18)25-31-32-27(36)34(25)16-23(35)30-26-24(20-11-13-22(28)14-12-20)29-17-33(26)15-19-5-3-2-4-6-19/h2-14,17H,15-16H2,1H3,(H,30,35)(H,32,36). The fraction of sp³-hybridized carbons (Fsp3) is 0.111. The van der Waals surface area contributed by atoms with Crippen molar-refractivity contribution in [2.75, 3.05) is 5.32 Å². The number of nitrogens with one attached hydrogen (secondary N) is 2. The SMILES string of the molecule is Cc1ccc(-c2n[nH]c(=S)n2CC(=O)Nc2c(-c3ccc(F)cc3)ncn2Cc2ccccc2)cc1. The Morgan fingerprint density at radius 2 is 1.69 bits per heavy atom. The van der Waals surface area contributed by atoms with Crippen LogP contribution in [-0.4, -0.2) is 30.2 Å². The lowest BCUT2D eigenvalue weighted by molar-refractivity contribution is -0.116. The summed E-state index contributed by atoms with van der Waals surface area (Å²) in [5.41, 5.74) is 4.27. The monoisotopic (exact) mass is 498 g/mol. The number of benzene rings is 3. The molecule has 0 aliphatic carbocycles. The number of carbonyl (C=O) groups excluding carboxylic acids is 1. The van der Waals surface area contributed by atoms with E-state index in [9.17, 15) is 9.18 Å². The molecule has 0 fully saturated rings. The summed E-state index contributed by atoms with van der Waals surface area (Å²) >= 11 is 5.40. The molecule has 3 aromatic carbocycles. The summed E-state index contributed by atoms with van der Waals surface area (Å²) in [5, 5.41) is 10.1. The van der Waals surface area contributed by atoms with Crippen molar-refractivity contribution in [2.24, 2.45) is 0 Å². The number of nitrogens with zero attached hydrogens (tertiary/aromatic N) is 4. The van der Waals surface area contributed by atoms with Crippen LogP contribution in [0.5, 0.6) is 0 Å². The molecule has 7 nitrogen and oxygen atoms in total. The first-order chi connectivity index (χ1) is 17.5. The average molecular weight is 499 g/mol. The second kappa shape index (κ2) is 10.1. The molecule has 0 spiro atoms. The zero-order chi connectivity index (χ0) is 25.1. The first-order valence-electron chi connectivity index (χ1n) is 11.3. The van der Waals surface area contributed by atoms with E-state index in [2.05, 4.69) is 20.5 Å². The first-order valence-corrected chi connectivity index (χ1v) is 11.8. The Labute approximate surface area is 212 Å². The fourth-order valence-electron chi connectivity index (χ4n) is 3.93. The highest BCUT2D eigenvalue weighted by Gasteiger charge is 2.18. The van der Waals surface area contributed by atoms with Gasteiger partial charge in [0.05, 0.1) is 12.9 Å². The molecule has 9 heteroatoms. The van der Waals surface area contributed by atoms with Gasteiger partial charge >= 0.3 is 0 Å². The molecule has 1 amide bonds. The third-order valence-corrected chi connectivity index (χ3v) is 6.09. The third-order valence-electron chi connectivity index (χ3n) is 5.78. The number of amides is 1. The lowest BCUT2D eigenvalue weighted by Crippen LogP contribution is -2.21. The van der Waals surface area contributed by atoms with E-state index in [1.807, 2.05) is 66.1 Å². The second-order valence-corrected chi connectivity index (χ2v) is 8.80. The summed E-state index contributed by atoms with van der Waals surface area (Å²) in [5.74, 6) is 0.458. The van der Waals surface area contributed by atoms with Gasteiger partial charge in [-0.2, -0.15) is 5.10 Å². The number of aromatic amines is 1. The molecule has 0 bridgehead atoms. The quantitative estimate of drug-likeness (QED) is 0.286. The molecular weight excluding hydrogens is 475 g/mol. The Morgan fingerprint density at radius 3 is 2.42 bits per heavy atom. The number of halogens is 1. The highest BCUT2D eigenvalue weighted by molar-refractivity contribution is 7.71. The zero-order valence-corrected chi connectivity index (χ0v) is 20.3. The van der Waals surface area contributed by atoms with E-state index in [1.165, 1.54) is 12.1 Å². The number of hydrogen-bond acceptors (Lipinski definition) is 4. The largest absolute Gasteiger partial charge is 0.312 e. The van der Waals surface area contributed by atoms with Gasteiger partial charge in [0.25, 0.3) is 0 Å². The van der Waals surface area contributed by atoms with Gasteiger partial charge in [-0.3, -0.25) is 14.5 Å².